The molecule has 1 aliphatic rings. The molecule has 1 atom stereocenters. The van der Waals surface area contributed by atoms with Crippen LogP contribution in [0.2, 0.25) is 0 Å². The van der Waals surface area contributed by atoms with E-state index in [0.717, 1.165) is 36.9 Å². The van der Waals surface area contributed by atoms with Gasteiger partial charge in [-0.3, -0.25) is 0 Å². The van der Waals surface area contributed by atoms with Gasteiger partial charge in [0.2, 0.25) is 0 Å². The van der Waals surface area contributed by atoms with Gasteiger partial charge in [0.25, 0.3) is 0 Å². The van der Waals surface area contributed by atoms with Gasteiger partial charge in [-0.15, -0.1) is 0 Å². The van der Waals surface area contributed by atoms with Crippen LogP contribution in [0.25, 0.3) is 11.0 Å². The average Bonchev–Trinajstić information content (AvgIpc) is 2.82. The van der Waals surface area contributed by atoms with Crippen molar-refractivity contribution in [2.24, 2.45) is 5.92 Å². The van der Waals surface area contributed by atoms with E-state index in [2.05, 4.69) is 5.32 Å². The van der Waals surface area contributed by atoms with Gasteiger partial charge in [-0.05, 0) is 44.0 Å². The summed E-state index contributed by atoms with van der Waals surface area (Å²) in [6.45, 7) is 1.82. The molecular formula is C14H16FNO. The number of nitrogens with one attached hydrogen (secondary N) is 1. The van der Waals surface area contributed by atoms with Gasteiger partial charge < -0.3 is 9.73 Å². The second-order valence-corrected chi connectivity index (χ2v) is 4.68. The van der Waals surface area contributed by atoms with Gasteiger partial charge in [0.1, 0.15) is 11.3 Å². The Labute approximate surface area is 99.8 Å². The summed E-state index contributed by atoms with van der Waals surface area (Å²) in [5, 5.41) is 4.24. The van der Waals surface area contributed by atoms with Crippen molar-refractivity contribution in [1.82, 2.24) is 5.32 Å². The highest BCUT2D eigenvalue weighted by molar-refractivity contribution is 5.77. The van der Waals surface area contributed by atoms with Crippen LogP contribution in [0.4, 0.5) is 4.39 Å². The molecule has 3 rings (SSSR count). The molecule has 1 unspecified atom stereocenters. The Hall–Kier alpha value is -1.35. The standard InChI is InChI=1S/C14H16FNO/c15-14(10-5-7-16-8-6-10)13-9-11-3-1-2-4-12(11)17-13/h1-4,9-10,14,16H,5-8H2. The largest absolute Gasteiger partial charge is 0.458 e. The molecule has 2 nitrogen and oxygen atoms in total. The van der Waals surface area contributed by atoms with E-state index in [4.69, 9.17) is 4.42 Å². The third kappa shape index (κ3) is 2.07. The fourth-order valence-corrected chi connectivity index (χ4v) is 2.51. The van der Waals surface area contributed by atoms with E-state index < -0.39 is 6.17 Å². The molecule has 1 aliphatic heterocycles. The Kier molecular flexibility index (Phi) is 2.85. The summed E-state index contributed by atoms with van der Waals surface area (Å²) in [6.07, 6.45) is 0.806. The molecule has 1 aromatic heterocycles. The van der Waals surface area contributed by atoms with Gasteiger partial charge >= 0.3 is 0 Å². The molecule has 2 aromatic rings. The van der Waals surface area contributed by atoms with E-state index in [1.807, 2.05) is 30.3 Å². The third-order valence-corrected chi connectivity index (χ3v) is 3.51. The second-order valence-electron chi connectivity index (χ2n) is 4.68. The highest BCUT2D eigenvalue weighted by Crippen LogP contribution is 2.35. The van der Waals surface area contributed by atoms with Crippen LogP contribution in [-0.4, -0.2) is 13.1 Å². The molecule has 3 heteroatoms. The lowest BCUT2D eigenvalue weighted by molar-refractivity contribution is 0.166. The summed E-state index contributed by atoms with van der Waals surface area (Å²) in [6, 6.07) is 9.53. The Morgan fingerprint density at radius 2 is 2.00 bits per heavy atom. The maximum atomic E-state index is 14.3. The highest BCUT2D eigenvalue weighted by atomic mass is 19.1. The van der Waals surface area contributed by atoms with Crippen LogP contribution < -0.4 is 5.32 Å². The Bertz CT molecular complexity index is 469. The summed E-state index contributed by atoms with van der Waals surface area (Å²) in [7, 11) is 0. The lowest BCUT2D eigenvalue weighted by atomic mass is 9.92. The smallest absolute Gasteiger partial charge is 0.160 e. The summed E-state index contributed by atoms with van der Waals surface area (Å²) >= 11 is 0. The lowest BCUT2D eigenvalue weighted by Crippen LogP contribution is -2.29. The van der Waals surface area contributed by atoms with Crippen molar-refractivity contribution < 1.29 is 8.81 Å². The maximum absolute atomic E-state index is 14.3. The van der Waals surface area contributed by atoms with Crippen molar-refractivity contribution in [3.63, 3.8) is 0 Å². The fraction of sp³-hybridized carbons (Fsp3) is 0.429. The van der Waals surface area contributed by atoms with E-state index in [1.165, 1.54) is 0 Å². The van der Waals surface area contributed by atoms with Crippen molar-refractivity contribution >= 4 is 11.0 Å². The Morgan fingerprint density at radius 1 is 1.24 bits per heavy atom. The van der Waals surface area contributed by atoms with Gasteiger partial charge in [0, 0.05) is 5.39 Å². The third-order valence-electron chi connectivity index (χ3n) is 3.51. The molecule has 17 heavy (non-hydrogen) atoms. The molecule has 90 valence electrons. The number of hydrogen-bond acceptors (Lipinski definition) is 2. The maximum Gasteiger partial charge on any atom is 0.160 e. The van der Waals surface area contributed by atoms with Crippen molar-refractivity contribution in [2.45, 2.75) is 19.0 Å². The molecule has 0 aliphatic carbocycles. The van der Waals surface area contributed by atoms with Crippen molar-refractivity contribution in [3.8, 4) is 0 Å². The van der Waals surface area contributed by atoms with E-state index >= 15 is 0 Å². The molecule has 2 heterocycles. The second kappa shape index (κ2) is 4.49. The van der Waals surface area contributed by atoms with Crippen molar-refractivity contribution in [1.29, 1.82) is 0 Å². The zero-order chi connectivity index (χ0) is 11.7. The number of para-hydroxylation sites is 1. The summed E-state index contributed by atoms with van der Waals surface area (Å²) in [4.78, 5) is 0. The molecule has 0 radical (unpaired) electrons. The van der Waals surface area contributed by atoms with Crippen LogP contribution in [0.1, 0.15) is 24.8 Å². The van der Waals surface area contributed by atoms with E-state index in [9.17, 15) is 4.39 Å². The first kappa shape index (κ1) is 10.8. The number of benzene rings is 1. The number of hydrogen-bond donors (Lipinski definition) is 1. The predicted molar refractivity (Wildman–Crippen MR) is 65.7 cm³/mol. The van der Waals surface area contributed by atoms with E-state index in [-0.39, 0.29) is 5.92 Å². The number of piperidine rings is 1. The minimum absolute atomic E-state index is 0.0943. The van der Waals surface area contributed by atoms with Crippen LogP contribution in [0.3, 0.4) is 0 Å². The van der Waals surface area contributed by atoms with Crippen LogP contribution in [-0.2, 0) is 0 Å². The van der Waals surface area contributed by atoms with Gasteiger partial charge in [-0.25, -0.2) is 4.39 Å². The topological polar surface area (TPSA) is 25.2 Å². The molecule has 0 spiro atoms. The highest BCUT2D eigenvalue weighted by Gasteiger charge is 2.27. The minimum Gasteiger partial charge on any atom is -0.458 e. The molecule has 0 amide bonds. The van der Waals surface area contributed by atoms with Gasteiger partial charge in [-0.2, -0.15) is 0 Å². The van der Waals surface area contributed by atoms with Crippen molar-refractivity contribution in [2.75, 3.05) is 13.1 Å². The van der Waals surface area contributed by atoms with Gasteiger partial charge in [0.05, 0.1) is 0 Å². The molecule has 1 fully saturated rings. The summed E-state index contributed by atoms with van der Waals surface area (Å²) in [5.74, 6) is 0.579. The Morgan fingerprint density at radius 3 is 2.76 bits per heavy atom. The van der Waals surface area contributed by atoms with Crippen molar-refractivity contribution in [3.05, 3.63) is 36.1 Å². The molecule has 0 saturated carbocycles. The number of halogens is 1. The molecule has 0 bridgehead atoms. The molecule has 1 aromatic carbocycles. The first-order valence-corrected chi connectivity index (χ1v) is 6.18. The normalized spacial score (nSPS) is 19.6. The van der Waals surface area contributed by atoms with E-state index in [1.54, 1.807) is 0 Å². The van der Waals surface area contributed by atoms with E-state index in [0.29, 0.717) is 5.76 Å². The van der Waals surface area contributed by atoms with Crippen LogP contribution in [0.5, 0.6) is 0 Å². The zero-order valence-electron chi connectivity index (χ0n) is 9.66. The first-order chi connectivity index (χ1) is 8.34. The average molecular weight is 233 g/mol. The molecule has 1 saturated heterocycles. The quantitative estimate of drug-likeness (QED) is 0.859. The van der Waals surface area contributed by atoms with Gasteiger partial charge in [0.15, 0.2) is 6.17 Å². The summed E-state index contributed by atoms with van der Waals surface area (Å²) in [5.41, 5.74) is 0.777. The predicted octanol–water partition coefficient (Wildman–Crippen LogP) is 3.44. The van der Waals surface area contributed by atoms with Gasteiger partial charge in [-0.1, -0.05) is 18.2 Å². The van der Waals surface area contributed by atoms with Crippen LogP contribution in [0, 0.1) is 5.92 Å². The number of furan rings is 1. The van der Waals surface area contributed by atoms with Crippen LogP contribution in [0.15, 0.2) is 34.7 Å². The first-order valence-electron chi connectivity index (χ1n) is 6.18. The molecule has 1 N–H and O–H groups in total. The number of alkyl halides is 1. The molecular weight excluding hydrogens is 217 g/mol. The zero-order valence-corrected chi connectivity index (χ0v) is 9.66. The summed E-state index contributed by atoms with van der Waals surface area (Å²) < 4.78 is 19.9. The fourth-order valence-electron chi connectivity index (χ4n) is 2.51. The van der Waals surface area contributed by atoms with Crippen LogP contribution >= 0.6 is 0 Å². The minimum atomic E-state index is -0.968. The Balaban J connectivity index is 1.86. The number of rotatable bonds is 2. The SMILES string of the molecule is FC(c1cc2ccccc2o1)C1CCNCC1. The monoisotopic (exact) mass is 233 g/mol. The lowest BCUT2D eigenvalue weighted by Gasteiger charge is -2.24. The number of fused-ring (bicyclic) bond motifs is 1.